The molecule has 0 saturated carbocycles. The van der Waals surface area contributed by atoms with Crippen molar-refractivity contribution in [2.24, 2.45) is 5.73 Å². The Morgan fingerprint density at radius 2 is 1.80 bits per heavy atom. The van der Waals surface area contributed by atoms with Gasteiger partial charge in [-0.25, -0.2) is 4.57 Å². The van der Waals surface area contributed by atoms with Crippen molar-refractivity contribution in [3.05, 3.63) is 0 Å². The zero-order valence-corrected chi connectivity index (χ0v) is 15.9. The molecule has 0 rings (SSSR count). The predicted octanol–water partition coefficient (Wildman–Crippen LogP) is 1.91. The van der Waals surface area contributed by atoms with Gasteiger partial charge in [0.15, 0.2) is 6.10 Å². The molecule has 0 saturated heterocycles. The van der Waals surface area contributed by atoms with Crippen LogP contribution < -0.4 is 5.73 Å². The lowest BCUT2D eigenvalue weighted by Gasteiger charge is -2.19. The van der Waals surface area contributed by atoms with E-state index < -0.39 is 32.5 Å². The van der Waals surface area contributed by atoms with Gasteiger partial charge in [0.05, 0.1) is 13.2 Å². The molecule has 10 heteroatoms. The third-order valence-electron chi connectivity index (χ3n) is 3.05. The number of carbonyl (C=O) groups is 2. The van der Waals surface area contributed by atoms with Gasteiger partial charge < -0.3 is 20.1 Å². The number of phosphoric acid groups is 1. The number of unbranched alkanes of at least 4 members (excludes halogenated alkanes) is 4. The van der Waals surface area contributed by atoms with E-state index in [1.165, 1.54) is 6.92 Å². The third kappa shape index (κ3) is 15.0. The lowest BCUT2D eigenvalue weighted by atomic mass is 10.1. The highest BCUT2D eigenvalue weighted by atomic mass is 31.2. The summed E-state index contributed by atoms with van der Waals surface area (Å²) in [6.07, 6.45) is 4.13. The van der Waals surface area contributed by atoms with Gasteiger partial charge in [0, 0.05) is 19.9 Å². The molecule has 0 aliphatic heterocycles. The molecule has 0 aliphatic rings. The Bertz CT molecular complexity index is 432. The summed E-state index contributed by atoms with van der Waals surface area (Å²) in [5.74, 6) is -1.04. The summed E-state index contributed by atoms with van der Waals surface area (Å²) < 4.78 is 30.8. The Morgan fingerprint density at radius 1 is 1.12 bits per heavy atom. The highest BCUT2D eigenvalue weighted by Gasteiger charge is 2.25. The lowest BCUT2D eigenvalue weighted by Crippen LogP contribution is -2.29. The van der Waals surface area contributed by atoms with Crippen LogP contribution in [0.3, 0.4) is 0 Å². The number of rotatable bonds is 15. The average molecular weight is 383 g/mol. The second-order valence-corrected chi connectivity index (χ2v) is 6.92. The molecule has 0 bridgehead atoms. The maximum Gasteiger partial charge on any atom is 0.472 e. The molecule has 0 aromatic rings. The van der Waals surface area contributed by atoms with Crippen LogP contribution in [0.2, 0.25) is 0 Å². The van der Waals surface area contributed by atoms with Crippen LogP contribution in [0.25, 0.3) is 0 Å². The van der Waals surface area contributed by atoms with Gasteiger partial charge in [-0.2, -0.15) is 0 Å². The van der Waals surface area contributed by atoms with Crippen LogP contribution in [0.5, 0.6) is 0 Å². The molecule has 0 fully saturated rings. The van der Waals surface area contributed by atoms with E-state index in [9.17, 15) is 19.0 Å². The molecule has 2 unspecified atom stereocenters. The Morgan fingerprint density at radius 3 is 2.40 bits per heavy atom. The predicted molar refractivity (Wildman–Crippen MR) is 90.7 cm³/mol. The topological polar surface area (TPSA) is 134 Å². The van der Waals surface area contributed by atoms with Crippen LogP contribution in [0.1, 0.15) is 52.4 Å². The van der Waals surface area contributed by atoms with Gasteiger partial charge in [-0.3, -0.25) is 18.6 Å². The summed E-state index contributed by atoms with van der Waals surface area (Å²) in [6, 6.07) is 0. The minimum absolute atomic E-state index is 0.0534. The third-order valence-corrected chi connectivity index (χ3v) is 4.04. The van der Waals surface area contributed by atoms with E-state index >= 15 is 0 Å². The van der Waals surface area contributed by atoms with Crippen LogP contribution in [0.15, 0.2) is 0 Å². The lowest BCUT2D eigenvalue weighted by molar-refractivity contribution is -0.160. The number of phosphoric ester groups is 1. The molecule has 0 amide bonds. The van der Waals surface area contributed by atoms with Crippen molar-refractivity contribution in [3.63, 3.8) is 0 Å². The van der Waals surface area contributed by atoms with E-state index in [2.05, 4.69) is 11.4 Å². The first kappa shape index (κ1) is 24.0. The summed E-state index contributed by atoms with van der Waals surface area (Å²) in [4.78, 5) is 32.2. The number of nitrogens with two attached hydrogens (primary N) is 1. The largest absolute Gasteiger partial charge is 0.472 e. The maximum atomic E-state index is 11.8. The van der Waals surface area contributed by atoms with Crippen molar-refractivity contribution in [2.75, 3.05) is 26.4 Å². The second kappa shape index (κ2) is 14.2. The standard InChI is InChI=1S/C15H30NO8P/c1-3-4-5-6-7-8-15(18)24-14(11-21-13(2)17)12-23-25(19,20)22-10-9-16/h14H,3-12,16H2,1-2H3,(H,19,20). The van der Waals surface area contributed by atoms with Crippen molar-refractivity contribution >= 4 is 19.8 Å². The van der Waals surface area contributed by atoms with Gasteiger partial charge >= 0.3 is 19.8 Å². The normalized spacial score (nSPS) is 14.6. The fraction of sp³-hybridized carbons (Fsp3) is 0.867. The number of carbonyl (C=O) groups excluding carboxylic acids is 2. The van der Waals surface area contributed by atoms with E-state index in [0.29, 0.717) is 6.42 Å². The summed E-state index contributed by atoms with van der Waals surface area (Å²) in [5.41, 5.74) is 5.18. The molecule has 0 radical (unpaired) electrons. The smallest absolute Gasteiger partial charge is 0.462 e. The van der Waals surface area contributed by atoms with Gasteiger partial charge in [-0.05, 0) is 6.42 Å². The van der Waals surface area contributed by atoms with Crippen LogP contribution in [-0.4, -0.2) is 49.3 Å². The molecule has 9 nitrogen and oxygen atoms in total. The Hall–Kier alpha value is -0.990. The van der Waals surface area contributed by atoms with E-state index in [-0.39, 0.29) is 26.2 Å². The van der Waals surface area contributed by atoms with Gasteiger partial charge in [0.2, 0.25) is 0 Å². The number of esters is 2. The molecule has 0 aromatic carbocycles. The molecule has 0 aliphatic carbocycles. The van der Waals surface area contributed by atoms with Crippen LogP contribution >= 0.6 is 7.82 Å². The minimum atomic E-state index is -4.30. The first-order valence-electron chi connectivity index (χ1n) is 8.45. The van der Waals surface area contributed by atoms with Crippen molar-refractivity contribution < 1.29 is 37.6 Å². The Kier molecular flexibility index (Phi) is 13.6. The summed E-state index contributed by atoms with van der Waals surface area (Å²) >= 11 is 0. The number of hydrogen-bond donors (Lipinski definition) is 2. The quantitative estimate of drug-likeness (QED) is 0.247. The molecular weight excluding hydrogens is 353 g/mol. The van der Waals surface area contributed by atoms with E-state index in [4.69, 9.17) is 19.7 Å². The van der Waals surface area contributed by atoms with Crippen molar-refractivity contribution in [1.82, 2.24) is 0 Å². The fourth-order valence-electron chi connectivity index (χ4n) is 1.83. The van der Waals surface area contributed by atoms with Crippen molar-refractivity contribution in [1.29, 1.82) is 0 Å². The summed E-state index contributed by atoms with van der Waals surface area (Å²) in [5, 5.41) is 0. The molecule has 0 heterocycles. The number of hydrogen-bond acceptors (Lipinski definition) is 8. The SMILES string of the molecule is CCCCCCCC(=O)OC(COC(C)=O)COP(=O)(O)OCCN. The number of ether oxygens (including phenoxy) is 2. The van der Waals surface area contributed by atoms with Crippen LogP contribution in [0, 0.1) is 0 Å². The van der Waals surface area contributed by atoms with E-state index in [1.54, 1.807) is 0 Å². The summed E-state index contributed by atoms with van der Waals surface area (Å²) in [6.45, 7) is 2.50. The molecular formula is C15H30NO8P. The molecule has 0 spiro atoms. The van der Waals surface area contributed by atoms with Gasteiger partial charge in [0.1, 0.15) is 6.61 Å². The van der Waals surface area contributed by atoms with Crippen molar-refractivity contribution in [2.45, 2.75) is 58.5 Å². The molecule has 2 atom stereocenters. The zero-order chi connectivity index (χ0) is 19.1. The molecule has 25 heavy (non-hydrogen) atoms. The molecule has 148 valence electrons. The Balaban J connectivity index is 4.34. The maximum absolute atomic E-state index is 11.8. The van der Waals surface area contributed by atoms with Gasteiger partial charge in [-0.15, -0.1) is 0 Å². The van der Waals surface area contributed by atoms with Crippen LogP contribution in [0.4, 0.5) is 0 Å². The molecule has 3 N–H and O–H groups in total. The van der Waals surface area contributed by atoms with E-state index in [0.717, 1.165) is 25.7 Å². The minimum Gasteiger partial charge on any atom is -0.462 e. The monoisotopic (exact) mass is 383 g/mol. The van der Waals surface area contributed by atoms with Crippen LogP contribution in [-0.2, 0) is 32.7 Å². The Labute approximate surface area is 148 Å². The van der Waals surface area contributed by atoms with Gasteiger partial charge in [0.25, 0.3) is 0 Å². The fourth-order valence-corrected chi connectivity index (χ4v) is 2.59. The second-order valence-electron chi connectivity index (χ2n) is 5.46. The van der Waals surface area contributed by atoms with E-state index in [1.807, 2.05) is 0 Å². The zero-order valence-electron chi connectivity index (χ0n) is 15.0. The van der Waals surface area contributed by atoms with Crippen molar-refractivity contribution in [3.8, 4) is 0 Å². The summed E-state index contributed by atoms with van der Waals surface area (Å²) in [7, 11) is -4.30. The molecule has 0 aromatic heterocycles. The first-order valence-corrected chi connectivity index (χ1v) is 9.95. The highest BCUT2D eigenvalue weighted by Crippen LogP contribution is 2.43. The highest BCUT2D eigenvalue weighted by molar-refractivity contribution is 7.47. The average Bonchev–Trinajstić information content (AvgIpc) is 2.55. The van der Waals surface area contributed by atoms with Gasteiger partial charge in [-0.1, -0.05) is 32.6 Å². The first-order chi connectivity index (χ1) is 11.8.